The number of nitrogens with zero attached hydrogens (tertiary/aromatic N) is 3. The third kappa shape index (κ3) is 15.4. The lowest BCUT2D eigenvalue weighted by molar-refractivity contribution is -0.397. The first-order chi connectivity index (χ1) is 30.4. The Hall–Kier alpha value is -1.33. The van der Waals surface area contributed by atoms with Gasteiger partial charge in [0.1, 0.15) is 22.1 Å². The standard InChI is InChI=1S/C52H78Br2N3O2S3/c1-4-7-10-13-16-19-22-25-28-31-34-39-37-42(60-51(39)53)45-47-48(56-62-55-47)46-44(50(45)58)41(36-33-30-27-24-21-18-15-12-9-6-3)57(59)49(46)43-38-40(52(54)61-43)35-32-29-26-23-20-17-14-11-8-5-2/h37-38,45H,4-36H2,1-3H3/q+1. The lowest BCUT2D eigenvalue weighted by Crippen LogP contribution is -2.23. The molecule has 344 valence electrons. The van der Waals surface area contributed by atoms with Gasteiger partial charge in [0.2, 0.25) is 0 Å². The highest BCUT2D eigenvalue weighted by molar-refractivity contribution is 9.11. The maximum atomic E-state index is 15.1. The molecule has 0 N–H and O–H groups in total. The van der Waals surface area contributed by atoms with E-state index in [1.165, 1.54) is 190 Å². The zero-order chi connectivity index (χ0) is 43.9. The number of carbonyl (C=O) groups is 1. The molecule has 3 aromatic rings. The van der Waals surface area contributed by atoms with Crippen LogP contribution in [0.15, 0.2) is 31.0 Å². The molecular weight excluding hydrogens is 955 g/mol. The molecule has 0 amide bonds. The number of hydrogen-bond donors (Lipinski definition) is 0. The lowest BCUT2D eigenvalue weighted by Gasteiger charge is -2.20. The monoisotopic (exact) mass is 1030 g/mol. The smallest absolute Gasteiger partial charge is 0.290 e. The van der Waals surface area contributed by atoms with Crippen molar-refractivity contribution in [2.24, 2.45) is 0 Å². The molecule has 0 radical (unpaired) electrons. The third-order valence-electron chi connectivity index (χ3n) is 13.2. The van der Waals surface area contributed by atoms with Crippen LogP contribution in [-0.2, 0) is 17.6 Å². The summed E-state index contributed by atoms with van der Waals surface area (Å²) in [5, 5.41) is 0. The minimum atomic E-state index is -0.539. The van der Waals surface area contributed by atoms with Gasteiger partial charge >= 0.3 is 0 Å². The van der Waals surface area contributed by atoms with Gasteiger partial charge in [-0.1, -0.05) is 194 Å². The number of ketones is 1. The molecule has 1 atom stereocenters. The van der Waals surface area contributed by atoms with E-state index >= 15 is 4.79 Å². The molecule has 0 bridgehead atoms. The van der Waals surface area contributed by atoms with Crippen molar-refractivity contribution in [3.63, 3.8) is 0 Å². The Morgan fingerprint density at radius 2 is 0.952 bits per heavy atom. The summed E-state index contributed by atoms with van der Waals surface area (Å²) in [4.78, 5) is 31.8. The van der Waals surface area contributed by atoms with Gasteiger partial charge in [-0.25, -0.2) is 0 Å². The van der Waals surface area contributed by atoms with Crippen LogP contribution >= 0.6 is 66.3 Å². The summed E-state index contributed by atoms with van der Waals surface area (Å²) in [5.74, 6) is -0.527. The molecule has 10 heteroatoms. The largest absolute Gasteiger partial charge is 0.293 e. The minimum absolute atomic E-state index is 0.0126. The van der Waals surface area contributed by atoms with Crippen LogP contribution in [0.4, 0.5) is 0 Å². The van der Waals surface area contributed by atoms with Crippen molar-refractivity contribution in [3.05, 3.63) is 68.2 Å². The van der Waals surface area contributed by atoms with Gasteiger partial charge in [0.15, 0.2) is 5.78 Å². The van der Waals surface area contributed by atoms with Crippen molar-refractivity contribution < 1.29 is 9.55 Å². The molecule has 0 saturated heterocycles. The molecule has 2 aliphatic rings. The number of hydrogen-bond acceptors (Lipinski definition) is 7. The molecule has 1 aliphatic carbocycles. The Labute approximate surface area is 405 Å². The van der Waals surface area contributed by atoms with Crippen LogP contribution in [0.5, 0.6) is 0 Å². The second kappa shape index (κ2) is 29.3. The normalized spacial score (nSPS) is 15.1. The van der Waals surface area contributed by atoms with Gasteiger partial charge in [-0.15, -0.1) is 22.7 Å². The number of rotatable bonds is 35. The van der Waals surface area contributed by atoms with Gasteiger partial charge in [-0.3, -0.25) is 4.79 Å². The van der Waals surface area contributed by atoms with Crippen LogP contribution in [-0.4, -0.2) is 19.3 Å². The van der Waals surface area contributed by atoms with Crippen molar-refractivity contribution in [1.82, 2.24) is 8.75 Å². The van der Waals surface area contributed by atoms with Crippen molar-refractivity contribution in [1.29, 1.82) is 0 Å². The number of fused-ring (bicyclic) bond motifs is 3. The molecule has 4 heterocycles. The first kappa shape index (κ1) is 51.7. The Morgan fingerprint density at radius 3 is 1.44 bits per heavy atom. The minimum Gasteiger partial charge on any atom is -0.293 e. The summed E-state index contributed by atoms with van der Waals surface area (Å²) in [7, 11) is 0. The number of allylic oxidation sites excluding steroid dienone is 3. The fourth-order valence-electron chi connectivity index (χ4n) is 9.46. The summed E-state index contributed by atoms with van der Waals surface area (Å²) in [5.41, 5.74) is 6.51. The van der Waals surface area contributed by atoms with E-state index in [2.05, 4.69) is 64.8 Å². The second-order valence-corrected chi connectivity index (χ2v) is 23.6. The summed E-state index contributed by atoms with van der Waals surface area (Å²) in [6.45, 7) is 6.83. The van der Waals surface area contributed by atoms with Gasteiger partial charge in [-0.05, 0) is 87.2 Å². The fourth-order valence-corrected chi connectivity index (χ4v) is 13.8. The van der Waals surface area contributed by atoms with E-state index < -0.39 is 5.92 Å². The number of thiophene rings is 2. The molecule has 0 fully saturated rings. The van der Waals surface area contributed by atoms with E-state index in [4.69, 9.17) is 8.75 Å². The van der Waals surface area contributed by atoms with Crippen LogP contribution in [0.3, 0.4) is 0 Å². The summed E-state index contributed by atoms with van der Waals surface area (Å²) in [6, 6.07) is 4.45. The summed E-state index contributed by atoms with van der Waals surface area (Å²) >= 11 is 12.2. The Kier molecular flexibility index (Phi) is 24.4. The first-order valence-corrected chi connectivity index (χ1v) is 29.2. The molecule has 1 unspecified atom stereocenters. The highest BCUT2D eigenvalue weighted by Crippen LogP contribution is 2.53. The van der Waals surface area contributed by atoms with Gasteiger partial charge < -0.3 is 0 Å². The van der Waals surface area contributed by atoms with Crippen LogP contribution in [0, 0.1) is 4.91 Å². The van der Waals surface area contributed by atoms with Gasteiger partial charge in [0.25, 0.3) is 11.4 Å². The van der Waals surface area contributed by atoms with Gasteiger partial charge in [-0.2, -0.15) is 8.75 Å². The van der Waals surface area contributed by atoms with Crippen LogP contribution in [0.2, 0.25) is 0 Å². The zero-order valence-electron chi connectivity index (χ0n) is 38.7. The maximum absolute atomic E-state index is 15.1. The van der Waals surface area contributed by atoms with Gasteiger partial charge in [0.05, 0.1) is 35.3 Å². The predicted molar refractivity (Wildman–Crippen MR) is 276 cm³/mol. The topological polar surface area (TPSA) is 62.9 Å². The van der Waals surface area contributed by atoms with Gasteiger partial charge in [0, 0.05) is 16.2 Å². The molecule has 0 aromatic carbocycles. The average Bonchev–Trinajstić information content (AvgIpc) is 4.05. The average molecular weight is 1030 g/mol. The van der Waals surface area contributed by atoms with Crippen LogP contribution < -0.4 is 0 Å². The van der Waals surface area contributed by atoms with E-state index in [9.17, 15) is 4.91 Å². The Morgan fingerprint density at radius 1 is 0.532 bits per heavy atom. The first-order valence-electron chi connectivity index (χ1n) is 25.3. The van der Waals surface area contributed by atoms with E-state index in [1.54, 1.807) is 22.7 Å². The molecule has 5 nitrogen and oxygen atoms in total. The number of aryl methyl sites for hydroxylation is 2. The highest BCUT2D eigenvalue weighted by atomic mass is 79.9. The quantitative estimate of drug-likeness (QED) is 0.0435. The van der Waals surface area contributed by atoms with Crippen molar-refractivity contribution in [2.75, 3.05) is 0 Å². The number of halogens is 2. The van der Waals surface area contributed by atoms with E-state index in [0.717, 1.165) is 66.3 Å². The summed E-state index contributed by atoms with van der Waals surface area (Å²) in [6.07, 6.45) is 41.2. The number of unbranched alkanes of at least 4 members (excludes halogenated alkanes) is 27. The van der Waals surface area contributed by atoms with Crippen LogP contribution in [0.25, 0.3) is 11.3 Å². The van der Waals surface area contributed by atoms with Crippen molar-refractivity contribution in [2.45, 2.75) is 239 Å². The number of carbonyl (C=O) groups excluding carboxylic acids is 1. The fraction of sp³-hybridized carbons (Fsp3) is 0.712. The molecule has 3 aromatic heterocycles. The Balaban J connectivity index is 1.29. The summed E-state index contributed by atoms with van der Waals surface area (Å²) < 4.78 is 13.0. The maximum Gasteiger partial charge on any atom is 0.290 e. The number of Topliss-reactive ketones (excluding diaryl/α,β-unsaturated/α-hetero) is 1. The van der Waals surface area contributed by atoms with E-state index in [-0.39, 0.29) is 5.78 Å². The second-order valence-electron chi connectivity index (χ2n) is 18.3. The van der Waals surface area contributed by atoms with Crippen molar-refractivity contribution in [3.8, 4) is 0 Å². The lowest BCUT2D eigenvalue weighted by atomic mass is 9.79. The molecule has 5 rings (SSSR count). The SMILES string of the molecule is CCCCCCCCCCCCC1=C2C(=O)C(c3cc(CCCCCCCCCCCC)c(Br)s3)c3nsnc3C2=C(c2cc(CCCCCCCCCCCC)c(Br)s2)[N+]1=O. The predicted octanol–water partition coefficient (Wildman–Crippen LogP) is 19.1. The molecular formula is C52H78Br2N3O2S3+. The number of aromatic nitrogens is 2. The Bertz CT molecular complexity index is 1870. The van der Waals surface area contributed by atoms with Crippen molar-refractivity contribution >= 4 is 83.3 Å². The molecule has 0 spiro atoms. The highest BCUT2D eigenvalue weighted by Gasteiger charge is 2.53. The molecule has 62 heavy (non-hydrogen) atoms. The number of nitroso groups, excluding NO2 is 1. The zero-order valence-corrected chi connectivity index (χ0v) is 44.3. The molecule has 1 aliphatic heterocycles. The third-order valence-corrected chi connectivity index (χ3v) is 17.7. The van der Waals surface area contributed by atoms with E-state index in [1.807, 2.05) is 0 Å². The van der Waals surface area contributed by atoms with E-state index in [0.29, 0.717) is 34.7 Å². The molecule has 0 saturated carbocycles. The van der Waals surface area contributed by atoms with Crippen LogP contribution in [0.1, 0.15) is 258 Å².